The standard InChI is InChI=1S/C79H88BN3/c1-49-38-57-59(76(12,13)47-74(57,8)9)45-66(49)82-67-41-54(73(5,6)7)31-33-62(67)80-63-44-58-60(77(14,15)48-75(58,10)11)46-68(63)81(64-35-32-53(72(2,3)4)40-56(64)51-28-22-19-23-29-51)69-42-55(43-70(82)71(69)80)83-65-34-30-52(50-26-20-18-21-27-50)39-61(65)78(16)36-24-25-37-79(78,83)17/h18-23,26-35,38-46H,24-25,36-37,47-48H2,1-17H3. The molecule has 83 heavy (non-hydrogen) atoms. The maximum absolute atomic E-state index is 2.87. The van der Waals surface area contributed by atoms with E-state index in [1.54, 1.807) is 0 Å². The summed E-state index contributed by atoms with van der Waals surface area (Å²) < 4.78 is 0. The molecule has 8 aromatic carbocycles. The maximum Gasteiger partial charge on any atom is 0.252 e. The van der Waals surface area contributed by atoms with Crippen molar-refractivity contribution in [2.75, 3.05) is 14.7 Å². The van der Waals surface area contributed by atoms with Gasteiger partial charge in [0.15, 0.2) is 0 Å². The molecule has 1 fully saturated rings. The molecule has 0 amide bonds. The molecular weight excluding hydrogens is 1000 g/mol. The largest absolute Gasteiger partial charge is 0.334 e. The first kappa shape index (κ1) is 54.2. The van der Waals surface area contributed by atoms with Gasteiger partial charge in [0.2, 0.25) is 0 Å². The van der Waals surface area contributed by atoms with Gasteiger partial charge in [0, 0.05) is 50.8 Å². The number of hydrogen-bond acceptors (Lipinski definition) is 3. The van der Waals surface area contributed by atoms with E-state index in [0.29, 0.717) is 0 Å². The molecule has 0 radical (unpaired) electrons. The number of aryl methyl sites for hydroxylation is 1. The van der Waals surface area contributed by atoms with Crippen molar-refractivity contribution >= 4 is 68.6 Å². The average Bonchev–Trinajstić information content (AvgIpc) is 1.80. The minimum absolute atomic E-state index is 0.00254. The zero-order valence-corrected chi connectivity index (χ0v) is 53.1. The van der Waals surface area contributed by atoms with Gasteiger partial charge in [-0.3, -0.25) is 0 Å². The fourth-order valence-corrected chi connectivity index (χ4v) is 17.9. The van der Waals surface area contributed by atoms with E-state index in [2.05, 4.69) is 284 Å². The Morgan fingerprint density at radius 1 is 0.398 bits per heavy atom. The fourth-order valence-electron chi connectivity index (χ4n) is 17.9. The summed E-state index contributed by atoms with van der Waals surface area (Å²) in [5.41, 5.74) is 30.7. The fraction of sp³-hybridized carbons (Fsp3) is 0.392. The summed E-state index contributed by atoms with van der Waals surface area (Å²) in [7, 11) is 0. The summed E-state index contributed by atoms with van der Waals surface area (Å²) in [4.78, 5) is 8.42. The topological polar surface area (TPSA) is 9.72 Å². The molecule has 14 rings (SSSR count). The molecule has 1 saturated carbocycles. The van der Waals surface area contributed by atoms with Gasteiger partial charge in [-0.1, -0.05) is 214 Å². The van der Waals surface area contributed by atoms with E-state index >= 15 is 0 Å². The third-order valence-electron chi connectivity index (χ3n) is 22.0. The second-order valence-corrected chi connectivity index (χ2v) is 31.6. The molecule has 2 atom stereocenters. The van der Waals surface area contributed by atoms with Gasteiger partial charge in [0.25, 0.3) is 6.71 Å². The predicted octanol–water partition coefficient (Wildman–Crippen LogP) is 19.7. The summed E-state index contributed by atoms with van der Waals surface area (Å²) in [5.74, 6) is 0. The molecular formula is C79H88BN3. The lowest BCUT2D eigenvalue weighted by Gasteiger charge is -2.51. The van der Waals surface area contributed by atoms with Crippen molar-refractivity contribution in [1.82, 2.24) is 0 Å². The monoisotopic (exact) mass is 1090 g/mol. The van der Waals surface area contributed by atoms with Gasteiger partial charge < -0.3 is 14.7 Å². The molecule has 3 nitrogen and oxygen atoms in total. The van der Waals surface area contributed by atoms with E-state index in [0.717, 1.165) is 25.7 Å². The second-order valence-electron chi connectivity index (χ2n) is 31.6. The molecule has 0 saturated heterocycles. The van der Waals surface area contributed by atoms with Gasteiger partial charge >= 0.3 is 0 Å². The average molecular weight is 1090 g/mol. The quantitative estimate of drug-likeness (QED) is 0.159. The van der Waals surface area contributed by atoms with Crippen LogP contribution in [-0.4, -0.2) is 12.3 Å². The number of hydrogen-bond donors (Lipinski definition) is 0. The Labute approximate surface area is 498 Å². The van der Waals surface area contributed by atoms with Crippen molar-refractivity contribution in [2.45, 2.75) is 200 Å². The first-order valence-electron chi connectivity index (χ1n) is 31.5. The molecule has 422 valence electrons. The number of benzene rings is 8. The number of fused-ring (bicyclic) bond motifs is 9. The van der Waals surface area contributed by atoms with Crippen molar-refractivity contribution in [3.8, 4) is 22.3 Å². The normalized spacial score (nSPS) is 21.9. The maximum atomic E-state index is 2.87. The predicted molar refractivity (Wildman–Crippen MR) is 358 cm³/mol. The lowest BCUT2D eigenvalue weighted by molar-refractivity contribution is 0.195. The van der Waals surface area contributed by atoms with Crippen LogP contribution in [0.25, 0.3) is 22.3 Å². The molecule has 0 spiro atoms. The zero-order valence-electron chi connectivity index (χ0n) is 53.1. The molecule has 0 aromatic heterocycles. The van der Waals surface area contributed by atoms with Crippen molar-refractivity contribution in [2.24, 2.45) is 0 Å². The molecule has 4 heteroatoms. The highest BCUT2D eigenvalue weighted by atomic mass is 15.3. The third kappa shape index (κ3) is 7.88. The Hall–Kier alpha value is -6.78. The third-order valence-corrected chi connectivity index (χ3v) is 22.0. The van der Waals surface area contributed by atoms with Gasteiger partial charge in [0.05, 0.1) is 11.2 Å². The van der Waals surface area contributed by atoms with Gasteiger partial charge in [-0.15, -0.1) is 0 Å². The van der Waals surface area contributed by atoms with E-state index in [9.17, 15) is 0 Å². The van der Waals surface area contributed by atoms with Crippen LogP contribution in [0.3, 0.4) is 0 Å². The van der Waals surface area contributed by atoms with Crippen molar-refractivity contribution < 1.29 is 0 Å². The van der Waals surface area contributed by atoms with E-state index in [-0.39, 0.29) is 50.2 Å². The van der Waals surface area contributed by atoms with Crippen LogP contribution in [-0.2, 0) is 37.9 Å². The smallest absolute Gasteiger partial charge is 0.252 e. The van der Waals surface area contributed by atoms with Crippen LogP contribution in [0.5, 0.6) is 0 Å². The Morgan fingerprint density at radius 2 is 0.904 bits per heavy atom. The van der Waals surface area contributed by atoms with Crippen molar-refractivity contribution in [3.05, 3.63) is 196 Å². The number of anilines is 8. The summed E-state index contributed by atoms with van der Waals surface area (Å²) in [6, 6.07) is 60.9. The van der Waals surface area contributed by atoms with Crippen LogP contribution in [0.2, 0.25) is 0 Å². The van der Waals surface area contributed by atoms with E-state index in [4.69, 9.17) is 0 Å². The Kier molecular flexibility index (Phi) is 11.5. The molecule has 8 aromatic rings. The Bertz CT molecular complexity index is 4010. The molecule has 0 bridgehead atoms. The molecule has 2 unspecified atom stereocenters. The van der Waals surface area contributed by atoms with Gasteiger partial charge in [-0.25, -0.2) is 0 Å². The van der Waals surface area contributed by atoms with Gasteiger partial charge in [-0.05, 0) is 204 Å². The Morgan fingerprint density at radius 3 is 1.52 bits per heavy atom. The lowest BCUT2D eigenvalue weighted by atomic mass is 9.33. The SMILES string of the molecule is Cc1cc2c(cc1N1c3cc(C(C)(C)C)ccc3B3c4cc5c(cc4N(c4ccc(C(C)(C)C)cc4-c4ccccc4)c4cc(N6c7ccc(-c8ccccc8)cc7C7(C)CCCCC67C)cc1c43)C(C)(C)CC5(C)C)C(C)(C)CC2(C)C. The van der Waals surface area contributed by atoms with Crippen LogP contribution < -0.4 is 31.1 Å². The summed E-state index contributed by atoms with van der Waals surface area (Å²) >= 11 is 0. The second kappa shape index (κ2) is 17.7. The van der Waals surface area contributed by atoms with Crippen LogP contribution in [0.15, 0.2) is 152 Å². The minimum atomic E-state index is -0.198. The summed E-state index contributed by atoms with van der Waals surface area (Å²) in [5, 5.41) is 0. The highest BCUT2D eigenvalue weighted by molar-refractivity contribution is 7.00. The summed E-state index contributed by atoms with van der Waals surface area (Å²) in [6.45, 7) is 41.8. The van der Waals surface area contributed by atoms with Gasteiger partial charge in [-0.2, -0.15) is 0 Å². The molecule has 0 N–H and O–H groups in total. The number of nitrogens with zero attached hydrogens (tertiary/aromatic N) is 3. The molecule has 6 aliphatic rings. The first-order chi connectivity index (χ1) is 39.0. The highest BCUT2D eigenvalue weighted by Gasteiger charge is 2.59. The van der Waals surface area contributed by atoms with E-state index in [1.807, 2.05) is 0 Å². The molecule has 3 aliphatic heterocycles. The Balaban J connectivity index is 1.15. The lowest BCUT2D eigenvalue weighted by Crippen LogP contribution is -2.62. The number of rotatable bonds is 5. The van der Waals surface area contributed by atoms with Crippen LogP contribution in [0.1, 0.15) is 194 Å². The summed E-state index contributed by atoms with van der Waals surface area (Å²) in [6.07, 6.45) is 6.91. The van der Waals surface area contributed by atoms with Crippen LogP contribution >= 0.6 is 0 Å². The molecule has 3 aliphatic carbocycles. The van der Waals surface area contributed by atoms with E-state index in [1.165, 1.54) is 141 Å². The van der Waals surface area contributed by atoms with Gasteiger partial charge in [0.1, 0.15) is 0 Å². The minimum Gasteiger partial charge on any atom is -0.334 e. The molecule has 3 heterocycles. The first-order valence-corrected chi connectivity index (χ1v) is 31.5. The van der Waals surface area contributed by atoms with Crippen LogP contribution in [0.4, 0.5) is 45.5 Å². The van der Waals surface area contributed by atoms with Crippen molar-refractivity contribution in [1.29, 1.82) is 0 Å². The highest BCUT2D eigenvalue weighted by Crippen LogP contribution is 2.63. The van der Waals surface area contributed by atoms with E-state index < -0.39 is 0 Å². The van der Waals surface area contributed by atoms with Crippen LogP contribution in [0, 0.1) is 6.92 Å². The zero-order chi connectivity index (χ0) is 58.5. The van der Waals surface area contributed by atoms with Crippen molar-refractivity contribution in [3.63, 3.8) is 0 Å².